The molecule has 1 aromatic rings. The van der Waals surface area contributed by atoms with Crippen LogP contribution < -0.4 is 5.32 Å². The first-order chi connectivity index (χ1) is 9.47. The molecule has 0 radical (unpaired) electrons. The van der Waals surface area contributed by atoms with Gasteiger partial charge in [0.15, 0.2) is 0 Å². The van der Waals surface area contributed by atoms with Crippen LogP contribution in [0.5, 0.6) is 0 Å². The molecule has 0 heterocycles. The standard InChI is InChI=1S/C15H16N2O3/c1-10(2)17-14(18)13(9-16)8-11-4-6-12(7-5-11)15(19)20-3/h4-8,10H,1-3H3,(H,17,18)/b13-8+. The van der Waals surface area contributed by atoms with E-state index in [-0.39, 0.29) is 11.6 Å². The zero-order valence-corrected chi connectivity index (χ0v) is 11.6. The van der Waals surface area contributed by atoms with Gasteiger partial charge in [0, 0.05) is 6.04 Å². The Morgan fingerprint density at radius 2 is 1.90 bits per heavy atom. The second kappa shape index (κ2) is 7.10. The highest BCUT2D eigenvalue weighted by atomic mass is 16.5. The number of methoxy groups -OCH3 is 1. The van der Waals surface area contributed by atoms with Gasteiger partial charge in [0.05, 0.1) is 12.7 Å². The zero-order chi connectivity index (χ0) is 15.1. The molecular formula is C15H16N2O3. The molecule has 0 aliphatic rings. The molecule has 0 atom stereocenters. The molecule has 0 unspecified atom stereocenters. The van der Waals surface area contributed by atoms with Crippen molar-refractivity contribution < 1.29 is 14.3 Å². The Balaban J connectivity index is 2.94. The molecule has 0 spiro atoms. The minimum atomic E-state index is -0.432. The summed E-state index contributed by atoms with van der Waals surface area (Å²) in [4.78, 5) is 23.0. The summed E-state index contributed by atoms with van der Waals surface area (Å²) in [6.07, 6.45) is 1.47. The molecule has 104 valence electrons. The number of benzene rings is 1. The fourth-order valence-corrected chi connectivity index (χ4v) is 1.49. The molecule has 0 aliphatic heterocycles. The van der Waals surface area contributed by atoms with Crippen LogP contribution in [-0.2, 0) is 9.53 Å². The molecule has 0 aromatic heterocycles. The van der Waals surface area contributed by atoms with Crippen molar-refractivity contribution >= 4 is 18.0 Å². The van der Waals surface area contributed by atoms with Crippen molar-refractivity contribution in [1.82, 2.24) is 5.32 Å². The van der Waals surface area contributed by atoms with E-state index in [2.05, 4.69) is 10.1 Å². The number of ether oxygens (including phenoxy) is 1. The number of carbonyl (C=O) groups is 2. The molecular weight excluding hydrogens is 256 g/mol. The van der Waals surface area contributed by atoms with Gasteiger partial charge >= 0.3 is 5.97 Å². The second-order valence-electron chi connectivity index (χ2n) is 4.41. The van der Waals surface area contributed by atoms with E-state index in [0.717, 1.165) is 0 Å². The van der Waals surface area contributed by atoms with Crippen LogP contribution >= 0.6 is 0 Å². The van der Waals surface area contributed by atoms with Crippen LogP contribution in [-0.4, -0.2) is 25.0 Å². The molecule has 0 bridgehead atoms. The predicted octanol–water partition coefficient (Wildman–Crippen LogP) is 1.90. The van der Waals surface area contributed by atoms with Crippen molar-refractivity contribution in [2.75, 3.05) is 7.11 Å². The molecule has 1 rings (SSSR count). The van der Waals surface area contributed by atoms with E-state index in [0.29, 0.717) is 11.1 Å². The highest BCUT2D eigenvalue weighted by molar-refractivity contribution is 6.01. The van der Waals surface area contributed by atoms with Crippen molar-refractivity contribution in [2.24, 2.45) is 0 Å². The first-order valence-electron chi connectivity index (χ1n) is 6.09. The van der Waals surface area contributed by atoms with E-state index in [1.807, 2.05) is 19.9 Å². The molecule has 0 fully saturated rings. The maximum Gasteiger partial charge on any atom is 0.337 e. The normalized spacial score (nSPS) is 10.8. The number of nitrogens with one attached hydrogen (secondary N) is 1. The summed E-state index contributed by atoms with van der Waals surface area (Å²) < 4.78 is 4.59. The van der Waals surface area contributed by atoms with Crippen LogP contribution in [0.1, 0.15) is 29.8 Å². The van der Waals surface area contributed by atoms with Crippen LogP contribution in [0.15, 0.2) is 29.8 Å². The quantitative estimate of drug-likeness (QED) is 0.516. The SMILES string of the molecule is COC(=O)c1ccc(/C=C(\C#N)C(=O)NC(C)C)cc1. The van der Waals surface area contributed by atoms with Gasteiger partial charge < -0.3 is 10.1 Å². The van der Waals surface area contributed by atoms with Crippen molar-refractivity contribution in [3.05, 3.63) is 41.0 Å². The van der Waals surface area contributed by atoms with Crippen molar-refractivity contribution in [1.29, 1.82) is 5.26 Å². The average molecular weight is 272 g/mol. The molecule has 5 nitrogen and oxygen atoms in total. The lowest BCUT2D eigenvalue weighted by molar-refractivity contribution is -0.117. The Bertz CT molecular complexity index is 566. The number of hydrogen-bond donors (Lipinski definition) is 1. The van der Waals surface area contributed by atoms with Gasteiger partial charge in [-0.3, -0.25) is 4.79 Å². The minimum Gasteiger partial charge on any atom is -0.465 e. The predicted molar refractivity (Wildman–Crippen MR) is 74.7 cm³/mol. The van der Waals surface area contributed by atoms with Crippen LogP contribution in [0.3, 0.4) is 0 Å². The number of esters is 1. The van der Waals surface area contributed by atoms with Crippen LogP contribution in [0.4, 0.5) is 0 Å². The van der Waals surface area contributed by atoms with E-state index in [1.54, 1.807) is 24.3 Å². The zero-order valence-electron chi connectivity index (χ0n) is 11.6. The lowest BCUT2D eigenvalue weighted by atomic mass is 10.1. The summed E-state index contributed by atoms with van der Waals surface area (Å²) in [7, 11) is 1.31. The fraction of sp³-hybridized carbons (Fsp3) is 0.267. The number of amides is 1. The third-order valence-corrected chi connectivity index (χ3v) is 2.43. The van der Waals surface area contributed by atoms with Crippen molar-refractivity contribution in [3.8, 4) is 6.07 Å². The topological polar surface area (TPSA) is 79.2 Å². The number of hydrogen-bond acceptors (Lipinski definition) is 4. The molecule has 1 aromatic carbocycles. The molecule has 0 saturated carbocycles. The van der Waals surface area contributed by atoms with Gasteiger partial charge in [-0.2, -0.15) is 5.26 Å². The van der Waals surface area contributed by atoms with Gasteiger partial charge in [-0.05, 0) is 37.6 Å². The van der Waals surface area contributed by atoms with Gasteiger partial charge in [0.2, 0.25) is 0 Å². The van der Waals surface area contributed by atoms with Gasteiger partial charge in [-0.25, -0.2) is 4.79 Å². The molecule has 1 amide bonds. The lowest BCUT2D eigenvalue weighted by Gasteiger charge is -2.07. The van der Waals surface area contributed by atoms with Crippen LogP contribution in [0.25, 0.3) is 6.08 Å². The Morgan fingerprint density at radius 1 is 1.30 bits per heavy atom. The monoisotopic (exact) mass is 272 g/mol. The molecule has 1 N–H and O–H groups in total. The summed E-state index contributed by atoms with van der Waals surface area (Å²) >= 11 is 0. The van der Waals surface area contributed by atoms with Gasteiger partial charge in [-0.15, -0.1) is 0 Å². The first-order valence-corrected chi connectivity index (χ1v) is 6.09. The van der Waals surface area contributed by atoms with Gasteiger partial charge in [-0.1, -0.05) is 12.1 Å². The molecule has 20 heavy (non-hydrogen) atoms. The fourth-order valence-electron chi connectivity index (χ4n) is 1.49. The number of carbonyl (C=O) groups excluding carboxylic acids is 2. The summed E-state index contributed by atoms with van der Waals surface area (Å²) in [6.45, 7) is 3.64. The van der Waals surface area contributed by atoms with Crippen LogP contribution in [0, 0.1) is 11.3 Å². The van der Waals surface area contributed by atoms with Crippen molar-refractivity contribution in [3.63, 3.8) is 0 Å². The maximum atomic E-state index is 11.7. The highest BCUT2D eigenvalue weighted by Crippen LogP contribution is 2.10. The Morgan fingerprint density at radius 3 is 2.35 bits per heavy atom. The van der Waals surface area contributed by atoms with E-state index in [1.165, 1.54) is 13.2 Å². The van der Waals surface area contributed by atoms with Crippen molar-refractivity contribution in [2.45, 2.75) is 19.9 Å². The first kappa shape index (κ1) is 15.4. The molecule has 5 heteroatoms. The average Bonchev–Trinajstić information content (AvgIpc) is 2.43. The van der Waals surface area contributed by atoms with Gasteiger partial charge in [0.1, 0.15) is 11.6 Å². The number of nitrogens with zero attached hydrogens (tertiary/aromatic N) is 1. The summed E-state index contributed by atoms with van der Waals surface area (Å²) in [5.41, 5.74) is 1.09. The number of nitriles is 1. The largest absolute Gasteiger partial charge is 0.465 e. The van der Waals surface area contributed by atoms with Crippen LogP contribution in [0.2, 0.25) is 0 Å². The third-order valence-electron chi connectivity index (χ3n) is 2.43. The van der Waals surface area contributed by atoms with E-state index >= 15 is 0 Å². The third kappa shape index (κ3) is 4.25. The summed E-state index contributed by atoms with van der Waals surface area (Å²) in [5.74, 6) is -0.849. The highest BCUT2D eigenvalue weighted by Gasteiger charge is 2.10. The van der Waals surface area contributed by atoms with E-state index < -0.39 is 11.9 Å². The molecule has 0 saturated heterocycles. The Kier molecular flexibility index (Phi) is 5.48. The van der Waals surface area contributed by atoms with Gasteiger partial charge in [0.25, 0.3) is 5.91 Å². The van der Waals surface area contributed by atoms with E-state index in [9.17, 15) is 9.59 Å². The summed E-state index contributed by atoms with van der Waals surface area (Å²) in [5, 5.41) is 11.6. The number of rotatable bonds is 4. The smallest absolute Gasteiger partial charge is 0.337 e. The molecule has 0 aliphatic carbocycles. The minimum absolute atomic E-state index is 0.0181. The maximum absolute atomic E-state index is 11.7. The second-order valence-corrected chi connectivity index (χ2v) is 4.41. The van der Waals surface area contributed by atoms with E-state index in [4.69, 9.17) is 5.26 Å². The Hall–Kier alpha value is -2.61. The lowest BCUT2D eigenvalue weighted by Crippen LogP contribution is -2.30. The summed E-state index contributed by atoms with van der Waals surface area (Å²) in [6, 6.07) is 8.26. The Labute approximate surface area is 117 Å².